The molecule has 2 heterocycles. The Hall–Kier alpha value is -0.630. The van der Waals surface area contributed by atoms with E-state index in [2.05, 4.69) is 16.3 Å². The van der Waals surface area contributed by atoms with E-state index in [1.807, 2.05) is 0 Å². The molecule has 0 aromatic carbocycles. The third-order valence-electron chi connectivity index (χ3n) is 3.54. The lowest BCUT2D eigenvalue weighted by Gasteiger charge is -2.33. The van der Waals surface area contributed by atoms with Gasteiger partial charge < -0.3 is 10.1 Å². The molecule has 2 atom stereocenters. The van der Waals surface area contributed by atoms with Crippen molar-refractivity contribution in [2.24, 2.45) is 5.92 Å². The van der Waals surface area contributed by atoms with E-state index >= 15 is 0 Å². The molecule has 4 heteroatoms. The van der Waals surface area contributed by atoms with Crippen molar-refractivity contribution in [1.29, 1.82) is 5.26 Å². The van der Waals surface area contributed by atoms with Crippen molar-refractivity contribution in [2.75, 3.05) is 39.4 Å². The smallest absolute Gasteiger partial charge is 0.103 e. The molecule has 0 aromatic rings. The van der Waals surface area contributed by atoms with E-state index in [1.165, 1.54) is 0 Å². The van der Waals surface area contributed by atoms with Crippen LogP contribution in [-0.2, 0) is 4.74 Å². The minimum Gasteiger partial charge on any atom is -0.381 e. The average Bonchev–Trinajstić information content (AvgIpc) is 2.61. The minimum atomic E-state index is 0.0557. The maximum atomic E-state index is 9.35. The normalized spacial score (nSPS) is 30.3. The van der Waals surface area contributed by atoms with Gasteiger partial charge in [0.25, 0.3) is 0 Å². The van der Waals surface area contributed by atoms with Crippen molar-refractivity contribution in [3.8, 4) is 6.07 Å². The van der Waals surface area contributed by atoms with Crippen molar-refractivity contribution in [2.45, 2.75) is 25.3 Å². The predicted octanol–water partition coefficient (Wildman–Crippen LogP) is 0.600. The molecule has 0 spiro atoms. The van der Waals surface area contributed by atoms with Crippen LogP contribution in [-0.4, -0.2) is 50.3 Å². The van der Waals surface area contributed by atoms with Crippen molar-refractivity contribution in [3.63, 3.8) is 0 Å². The Bertz CT molecular complexity index is 237. The van der Waals surface area contributed by atoms with Crippen LogP contribution in [0.15, 0.2) is 0 Å². The molecule has 0 bridgehead atoms. The maximum absolute atomic E-state index is 9.35. The summed E-state index contributed by atoms with van der Waals surface area (Å²) in [6.07, 6.45) is 3.39. The highest BCUT2D eigenvalue weighted by atomic mass is 16.5. The molecule has 2 aliphatic rings. The Balaban J connectivity index is 1.94. The fourth-order valence-electron chi connectivity index (χ4n) is 2.64. The van der Waals surface area contributed by atoms with Crippen LogP contribution in [0.2, 0.25) is 0 Å². The molecule has 2 aliphatic heterocycles. The zero-order valence-corrected chi connectivity index (χ0v) is 9.82. The summed E-state index contributed by atoms with van der Waals surface area (Å²) in [5.74, 6) is 0.414. The van der Waals surface area contributed by atoms with Crippen LogP contribution in [0.5, 0.6) is 0 Å². The van der Waals surface area contributed by atoms with Crippen LogP contribution in [0.25, 0.3) is 0 Å². The molecule has 4 nitrogen and oxygen atoms in total. The molecule has 0 saturated carbocycles. The second-order valence-corrected chi connectivity index (χ2v) is 4.69. The number of hydrogen-bond donors (Lipinski definition) is 1. The molecule has 1 N–H and O–H groups in total. The summed E-state index contributed by atoms with van der Waals surface area (Å²) in [7, 11) is 0. The Morgan fingerprint density at radius 2 is 2.25 bits per heavy atom. The predicted molar refractivity (Wildman–Crippen MR) is 62.0 cm³/mol. The van der Waals surface area contributed by atoms with E-state index in [0.717, 1.165) is 58.7 Å². The van der Waals surface area contributed by atoms with Crippen molar-refractivity contribution < 1.29 is 4.74 Å². The second kappa shape index (κ2) is 6.19. The van der Waals surface area contributed by atoms with E-state index < -0.39 is 0 Å². The lowest BCUT2D eigenvalue weighted by Crippen LogP contribution is -2.44. The fourth-order valence-corrected chi connectivity index (χ4v) is 2.64. The summed E-state index contributed by atoms with van der Waals surface area (Å²) < 4.78 is 5.49. The first kappa shape index (κ1) is 11.8. The van der Waals surface area contributed by atoms with Gasteiger partial charge in [-0.25, -0.2) is 0 Å². The van der Waals surface area contributed by atoms with Crippen molar-refractivity contribution >= 4 is 0 Å². The standard InChI is InChI=1S/C12H21N3O/c13-9-12(11-3-1-8-16-10-11)15-6-2-4-14-5-7-15/h11-12,14H,1-8,10H2. The van der Waals surface area contributed by atoms with Gasteiger partial charge in [-0.2, -0.15) is 5.26 Å². The van der Waals surface area contributed by atoms with Gasteiger partial charge in [-0.05, 0) is 25.8 Å². The van der Waals surface area contributed by atoms with E-state index in [1.54, 1.807) is 0 Å². The SMILES string of the molecule is N#CC(C1CCCOC1)N1CCCNCC1. The number of rotatable bonds is 2. The second-order valence-electron chi connectivity index (χ2n) is 4.69. The largest absolute Gasteiger partial charge is 0.381 e. The summed E-state index contributed by atoms with van der Waals surface area (Å²) in [6.45, 7) is 5.76. The highest BCUT2D eigenvalue weighted by Crippen LogP contribution is 2.21. The molecular weight excluding hydrogens is 202 g/mol. The monoisotopic (exact) mass is 223 g/mol. The van der Waals surface area contributed by atoms with E-state index in [-0.39, 0.29) is 6.04 Å². The van der Waals surface area contributed by atoms with Gasteiger partial charge in [0.05, 0.1) is 12.7 Å². The Labute approximate surface area is 97.6 Å². The van der Waals surface area contributed by atoms with E-state index in [9.17, 15) is 5.26 Å². The molecule has 90 valence electrons. The zero-order valence-electron chi connectivity index (χ0n) is 9.82. The number of nitrogens with zero attached hydrogens (tertiary/aromatic N) is 2. The Kier molecular flexibility index (Phi) is 4.58. The van der Waals surface area contributed by atoms with Gasteiger partial charge >= 0.3 is 0 Å². The van der Waals surface area contributed by atoms with E-state index in [0.29, 0.717) is 5.92 Å². The fraction of sp³-hybridized carbons (Fsp3) is 0.917. The van der Waals surface area contributed by atoms with Gasteiger partial charge in [0.2, 0.25) is 0 Å². The quantitative estimate of drug-likeness (QED) is 0.745. The first-order chi connectivity index (χ1) is 7.92. The molecular formula is C12H21N3O. The number of ether oxygens (including phenoxy) is 1. The summed E-state index contributed by atoms with van der Waals surface area (Å²) in [5.41, 5.74) is 0. The summed E-state index contributed by atoms with van der Waals surface area (Å²) in [6, 6.07) is 2.54. The Morgan fingerprint density at radius 3 is 3.00 bits per heavy atom. The summed E-state index contributed by atoms with van der Waals surface area (Å²) in [5, 5.41) is 12.7. The molecule has 0 radical (unpaired) electrons. The number of hydrogen-bond acceptors (Lipinski definition) is 4. The van der Waals surface area contributed by atoms with Gasteiger partial charge in [0.1, 0.15) is 6.04 Å². The van der Waals surface area contributed by atoms with Crippen LogP contribution in [0.3, 0.4) is 0 Å². The number of nitriles is 1. The lowest BCUT2D eigenvalue weighted by atomic mass is 9.93. The van der Waals surface area contributed by atoms with E-state index in [4.69, 9.17) is 4.74 Å². The lowest BCUT2D eigenvalue weighted by molar-refractivity contribution is 0.0243. The topological polar surface area (TPSA) is 48.3 Å². The highest BCUT2D eigenvalue weighted by Gasteiger charge is 2.29. The molecule has 0 amide bonds. The average molecular weight is 223 g/mol. The van der Waals surface area contributed by atoms with Gasteiger partial charge in [0, 0.05) is 32.2 Å². The molecule has 2 unspecified atom stereocenters. The third-order valence-corrected chi connectivity index (χ3v) is 3.54. The molecule has 2 fully saturated rings. The van der Waals surface area contributed by atoms with Gasteiger partial charge in [-0.3, -0.25) is 4.90 Å². The first-order valence-electron chi connectivity index (χ1n) is 6.34. The molecule has 2 saturated heterocycles. The van der Waals surface area contributed by atoms with Gasteiger partial charge in [0.15, 0.2) is 0 Å². The van der Waals surface area contributed by atoms with Crippen LogP contribution < -0.4 is 5.32 Å². The summed E-state index contributed by atoms with van der Waals surface area (Å²) >= 11 is 0. The van der Waals surface area contributed by atoms with Crippen LogP contribution in [0.1, 0.15) is 19.3 Å². The molecule has 2 rings (SSSR count). The van der Waals surface area contributed by atoms with Crippen LogP contribution in [0, 0.1) is 17.2 Å². The minimum absolute atomic E-state index is 0.0557. The highest BCUT2D eigenvalue weighted by molar-refractivity contribution is 4.97. The summed E-state index contributed by atoms with van der Waals surface area (Å²) in [4.78, 5) is 2.33. The molecule has 0 aliphatic carbocycles. The first-order valence-corrected chi connectivity index (χ1v) is 6.34. The van der Waals surface area contributed by atoms with Crippen molar-refractivity contribution in [1.82, 2.24) is 10.2 Å². The Morgan fingerprint density at radius 1 is 1.31 bits per heavy atom. The third kappa shape index (κ3) is 2.94. The van der Waals surface area contributed by atoms with Gasteiger partial charge in [-0.1, -0.05) is 0 Å². The molecule has 16 heavy (non-hydrogen) atoms. The van der Waals surface area contributed by atoms with Crippen LogP contribution in [0.4, 0.5) is 0 Å². The van der Waals surface area contributed by atoms with Crippen molar-refractivity contribution in [3.05, 3.63) is 0 Å². The zero-order chi connectivity index (χ0) is 11.2. The maximum Gasteiger partial charge on any atom is 0.103 e. The number of nitrogens with one attached hydrogen (secondary N) is 1. The van der Waals surface area contributed by atoms with Crippen LogP contribution >= 0.6 is 0 Å². The molecule has 0 aromatic heterocycles. The van der Waals surface area contributed by atoms with Gasteiger partial charge in [-0.15, -0.1) is 0 Å².